The zero-order valence-corrected chi connectivity index (χ0v) is 11.6. The van der Waals surface area contributed by atoms with E-state index < -0.39 is 0 Å². The zero-order valence-electron chi connectivity index (χ0n) is 8.41. The molecule has 2 nitrogen and oxygen atoms in total. The lowest BCUT2D eigenvalue weighted by Crippen LogP contribution is -2.24. The Morgan fingerprint density at radius 2 is 2.19 bits per heavy atom. The summed E-state index contributed by atoms with van der Waals surface area (Å²) >= 11 is 6.83. The number of rotatable bonds is 1. The summed E-state index contributed by atoms with van der Waals surface area (Å²) in [6.45, 7) is 0.607. The summed E-state index contributed by atoms with van der Waals surface area (Å²) in [5, 5.41) is 0. The molecule has 82 valence electrons. The van der Waals surface area contributed by atoms with Crippen LogP contribution in [0.1, 0.15) is 6.42 Å². The van der Waals surface area contributed by atoms with E-state index in [0.717, 1.165) is 14.6 Å². The number of hydrogen-bond donors (Lipinski definition) is 0. The van der Waals surface area contributed by atoms with Crippen LogP contribution >= 0.6 is 31.9 Å². The monoisotopic (exact) mass is 341 g/mol. The quantitative estimate of drug-likeness (QED) is 0.718. The van der Waals surface area contributed by atoms with Gasteiger partial charge in [-0.05, 0) is 34.1 Å². The number of terminal acetylenes is 1. The standard InChI is InChI=1S/C12H9Br2NO/c1-2-8-5-12(16)15(7-8)11-4-3-9(13)6-10(11)14/h1,3-4,6,8H,5,7H2. The van der Waals surface area contributed by atoms with Crippen molar-refractivity contribution < 1.29 is 4.79 Å². The first-order valence-corrected chi connectivity index (χ1v) is 6.42. The Kier molecular flexibility index (Phi) is 3.36. The number of nitrogens with zero attached hydrogens (tertiary/aromatic N) is 1. The largest absolute Gasteiger partial charge is 0.310 e. The number of hydrogen-bond acceptors (Lipinski definition) is 1. The van der Waals surface area contributed by atoms with Gasteiger partial charge in [0.2, 0.25) is 5.91 Å². The molecule has 4 heteroatoms. The number of anilines is 1. The number of halogens is 2. The molecule has 1 aromatic rings. The molecule has 1 fully saturated rings. The van der Waals surface area contributed by atoms with Gasteiger partial charge in [-0.2, -0.15) is 0 Å². The van der Waals surface area contributed by atoms with E-state index in [1.54, 1.807) is 4.90 Å². The normalized spacial score (nSPS) is 19.9. The molecule has 0 aromatic heterocycles. The van der Waals surface area contributed by atoms with Crippen molar-refractivity contribution in [2.24, 2.45) is 5.92 Å². The number of benzene rings is 1. The molecule has 1 atom stereocenters. The van der Waals surface area contributed by atoms with Gasteiger partial charge in [-0.3, -0.25) is 4.79 Å². The van der Waals surface area contributed by atoms with Crippen LogP contribution in [0.25, 0.3) is 0 Å². The second kappa shape index (κ2) is 4.60. The SMILES string of the molecule is C#CC1CC(=O)N(c2ccc(Br)cc2Br)C1. The summed E-state index contributed by atoms with van der Waals surface area (Å²) in [6.07, 6.45) is 5.79. The van der Waals surface area contributed by atoms with Crippen molar-refractivity contribution in [1.82, 2.24) is 0 Å². The number of carbonyl (C=O) groups excluding carboxylic acids is 1. The topological polar surface area (TPSA) is 20.3 Å². The molecule has 0 radical (unpaired) electrons. The molecule has 1 saturated heterocycles. The molecule has 16 heavy (non-hydrogen) atoms. The van der Waals surface area contributed by atoms with Gasteiger partial charge in [0.15, 0.2) is 0 Å². The van der Waals surface area contributed by atoms with Crippen molar-refractivity contribution in [3.63, 3.8) is 0 Å². The van der Waals surface area contributed by atoms with Crippen LogP contribution in [0, 0.1) is 18.3 Å². The van der Waals surface area contributed by atoms with Gasteiger partial charge in [-0.15, -0.1) is 12.3 Å². The molecule has 0 bridgehead atoms. The van der Waals surface area contributed by atoms with E-state index >= 15 is 0 Å². The number of carbonyl (C=O) groups is 1. The molecule has 1 aliphatic rings. The van der Waals surface area contributed by atoms with E-state index in [0.29, 0.717) is 13.0 Å². The minimum atomic E-state index is 0.0306. The van der Waals surface area contributed by atoms with E-state index in [4.69, 9.17) is 6.42 Å². The van der Waals surface area contributed by atoms with Crippen LogP contribution in [-0.4, -0.2) is 12.5 Å². The summed E-state index contributed by atoms with van der Waals surface area (Å²) in [5.74, 6) is 2.76. The highest BCUT2D eigenvalue weighted by molar-refractivity contribution is 9.11. The lowest BCUT2D eigenvalue weighted by molar-refractivity contribution is -0.117. The van der Waals surface area contributed by atoms with E-state index in [2.05, 4.69) is 37.8 Å². The van der Waals surface area contributed by atoms with Gasteiger partial charge in [-0.1, -0.05) is 15.9 Å². The molecule has 0 spiro atoms. The molecule has 1 aromatic carbocycles. The van der Waals surface area contributed by atoms with Gasteiger partial charge in [0.1, 0.15) is 0 Å². The molecule has 2 rings (SSSR count). The summed E-state index contributed by atoms with van der Waals surface area (Å²) < 4.78 is 1.87. The Labute approximate surface area is 111 Å². The maximum absolute atomic E-state index is 11.8. The molecular formula is C12H9Br2NO. The highest BCUT2D eigenvalue weighted by atomic mass is 79.9. The van der Waals surface area contributed by atoms with Gasteiger partial charge in [0.25, 0.3) is 0 Å². The van der Waals surface area contributed by atoms with Crippen molar-refractivity contribution in [1.29, 1.82) is 0 Å². The van der Waals surface area contributed by atoms with Crippen LogP contribution < -0.4 is 4.90 Å². The summed E-state index contributed by atoms with van der Waals surface area (Å²) in [7, 11) is 0. The fourth-order valence-corrected chi connectivity index (χ4v) is 3.01. The van der Waals surface area contributed by atoms with Crippen molar-refractivity contribution in [3.05, 3.63) is 27.1 Å². The fraction of sp³-hybridized carbons (Fsp3) is 0.250. The molecule has 0 saturated carbocycles. The van der Waals surface area contributed by atoms with Crippen LogP contribution in [-0.2, 0) is 4.79 Å². The second-order valence-corrected chi connectivity index (χ2v) is 5.44. The first-order valence-electron chi connectivity index (χ1n) is 4.83. The minimum Gasteiger partial charge on any atom is -0.310 e. The van der Waals surface area contributed by atoms with Crippen LogP contribution in [0.15, 0.2) is 27.1 Å². The molecule has 1 aliphatic heterocycles. The molecule has 0 N–H and O–H groups in total. The zero-order chi connectivity index (χ0) is 11.7. The Hall–Kier alpha value is -0.790. The van der Waals surface area contributed by atoms with E-state index in [1.807, 2.05) is 18.2 Å². The van der Waals surface area contributed by atoms with E-state index in [1.165, 1.54) is 0 Å². The predicted molar refractivity (Wildman–Crippen MR) is 71.1 cm³/mol. The maximum atomic E-state index is 11.8. The van der Waals surface area contributed by atoms with Crippen LogP contribution in [0.5, 0.6) is 0 Å². The second-order valence-electron chi connectivity index (χ2n) is 3.67. The van der Waals surface area contributed by atoms with Gasteiger partial charge in [0.05, 0.1) is 5.69 Å². The van der Waals surface area contributed by atoms with Crippen molar-refractivity contribution in [2.75, 3.05) is 11.4 Å². The summed E-state index contributed by atoms with van der Waals surface area (Å²) in [5.41, 5.74) is 0.881. The van der Waals surface area contributed by atoms with Gasteiger partial charge in [-0.25, -0.2) is 0 Å². The summed E-state index contributed by atoms with van der Waals surface area (Å²) in [4.78, 5) is 13.5. The average Bonchev–Trinajstić information content (AvgIpc) is 2.60. The van der Waals surface area contributed by atoms with Crippen molar-refractivity contribution >= 4 is 43.5 Å². The highest BCUT2D eigenvalue weighted by Gasteiger charge is 2.30. The first-order chi connectivity index (χ1) is 7.61. The van der Waals surface area contributed by atoms with Crippen LogP contribution in [0.3, 0.4) is 0 Å². The van der Waals surface area contributed by atoms with E-state index in [-0.39, 0.29) is 11.8 Å². The van der Waals surface area contributed by atoms with Crippen LogP contribution in [0.2, 0.25) is 0 Å². The van der Waals surface area contributed by atoms with Gasteiger partial charge in [0, 0.05) is 27.8 Å². The first kappa shape index (κ1) is 11.7. The lowest BCUT2D eigenvalue weighted by atomic mass is 10.1. The van der Waals surface area contributed by atoms with Gasteiger partial charge < -0.3 is 4.90 Å². The van der Waals surface area contributed by atoms with Gasteiger partial charge >= 0.3 is 0 Å². The third-order valence-electron chi connectivity index (χ3n) is 2.56. The Balaban J connectivity index is 2.32. The summed E-state index contributed by atoms with van der Waals surface area (Å²) in [6, 6.07) is 5.74. The number of amides is 1. The smallest absolute Gasteiger partial charge is 0.228 e. The van der Waals surface area contributed by atoms with E-state index in [9.17, 15) is 4.79 Å². The molecule has 1 unspecified atom stereocenters. The predicted octanol–water partition coefficient (Wildman–Crippen LogP) is 3.20. The van der Waals surface area contributed by atoms with Crippen LogP contribution in [0.4, 0.5) is 5.69 Å². The Morgan fingerprint density at radius 3 is 2.75 bits per heavy atom. The molecule has 1 amide bonds. The third-order valence-corrected chi connectivity index (χ3v) is 3.69. The Bertz CT molecular complexity index is 478. The van der Waals surface area contributed by atoms with Crippen molar-refractivity contribution in [2.45, 2.75) is 6.42 Å². The fourth-order valence-electron chi connectivity index (χ4n) is 1.75. The average molecular weight is 343 g/mol. The maximum Gasteiger partial charge on any atom is 0.228 e. The lowest BCUT2D eigenvalue weighted by Gasteiger charge is -2.17. The highest BCUT2D eigenvalue weighted by Crippen LogP contribution is 2.33. The third kappa shape index (κ3) is 2.16. The van der Waals surface area contributed by atoms with Crippen molar-refractivity contribution in [3.8, 4) is 12.3 Å². The molecular weight excluding hydrogens is 334 g/mol. The Morgan fingerprint density at radius 1 is 1.44 bits per heavy atom. The molecule has 0 aliphatic carbocycles. The minimum absolute atomic E-state index is 0.0306. The molecule has 1 heterocycles.